The Bertz CT molecular complexity index is 706. The molecule has 6 heteroatoms. The van der Waals surface area contributed by atoms with Crippen molar-refractivity contribution < 1.29 is 4.79 Å². The lowest BCUT2D eigenvalue weighted by atomic mass is 10.2. The topological polar surface area (TPSA) is 71.3 Å². The van der Waals surface area contributed by atoms with Gasteiger partial charge in [-0.3, -0.25) is 4.79 Å². The Morgan fingerprint density at radius 2 is 2.09 bits per heavy atom. The van der Waals surface area contributed by atoms with E-state index in [2.05, 4.69) is 21.8 Å². The van der Waals surface area contributed by atoms with Crippen LogP contribution in [0.3, 0.4) is 0 Å². The largest absolute Gasteiger partial charge is 0.367 e. The molecule has 22 heavy (non-hydrogen) atoms. The zero-order valence-electron chi connectivity index (χ0n) is 12.7. The summed E-state index contributed by atoms with van der Waals surface area (Å²) in [6, 6.07) is 4.75. The lowest BCUT2D eigenvalue weighted by Gasteiger charge is -2.16. The summed E-state index contributed by atoms with van der Waals surface area (Å²) in [6.45, 7) is 1.58. The predicted molar refractivity (Wildman–Crippen MR) is 83.8 cm³/mol. The number of nitrogens with zero attached hydrogens (tertiary/aromatic N) is 3. The maximum atomic E-state index is 11.2. The first kappa shape index (κ1) is 13.5. The third kappa shape index (κ3) is 2.65. The number of hydrogen-bond donors (Lipinski definition) is 2. The van der Waals surface area contributed by atoms with E-state index in [0.29, 0.717) is 12.0 Å². The van der Waals surface area contributed by atoms with Crippen molar-refractivity contribution in [2.45, 2.75) is 57.0 Å². The van der Waals surface area contributed by atoms with Gasteiger partial charge in [-0.15, -0.1) is 0 Å². The Balaban J connectivity index is 1.54. The minimum Gasteiger partial charge on any atom is -0.367 e. The van der Waals surface area contributed by atoms with Crippen LogP contribution in [0.15, 0.2) is 18.3 Å². The summed E-state index contributed by atoms with van der Waals surface area (Å²) >= 11 is 0. The molecule has 1 amide bonds. The molecule has 2 aromatic heterocycles. The number of hydrogen-bond acceptors (Lipinski definition) is 4. The van der Waals surface area contributed by atoms with Crippen molar-refractivity contribution in [3.63, 3.8) is 0 Å². The molecular weight excluding hydrogens is 278 g/mol. The second-order valence-electron chi connectivity index (χ2n) is 6.49. The molecule has 2 aliphatic carbocycles. The molecule has 4 rings (SSSR count). The third-order valence-electron chi connectivity index (χ3n) is 4.57. The van der Waals surface area contributed by atoms with Crippen molar-refractivity contribution in [3.05, 3.63) is 24.0 Å². The highest BCUT2D eigenvalue weighted by Gasteiger charge is 2.28. The van der Waals surface area contributed by atoms with Gasteiger partial charge < -0.3 is 10.6 Å². The molecule has 0 saturated heterocycles. The molecule has 0 aromatic carbocycles. The van der Waals surface area contributed by atoms with Crippen LogP contribution in [0.4, 0.5) is 5.82 Å². The monoisotopic (exact) mass is 299 g/mol. The van der Waals surface area contributed by atoms with Gasteiger partial charge in [0, 0.05) is 42.8 Å². The molecule has 0 unspecified atom stereocenters. The molecular formula is C16H21N5O. The Morgan fingerprint density at radius 1 is 1.27 bits per heavy atom. The molecule has 0 spiro atoms. The van der Waals surface area contributed by atoms with Gasteiger partial charge in [-0.1, -0.05) is 0 Å². The van der Waals surface area contributed by atoms with Crippen molar-refractivity contribution in [1.82, 2.24) is 19.9 Å². The number of carbonyl (C=O) groups excluding carboxylic acids is 1. The number of fused-ring (bicyclic) bond motifs is 1. The number of nitrogens with one attached hydrogen (secondary N) is 2. The highest BCUT2D eigenvalue weighted by atomic mass is 16.1. The van der Waals surface area contributed by atoms with Crippen LogP contribution in [0.1, 0.15) is 50.6 Å². The first-order valence-electron chi connectivity index (χ1n) is 8.07. The highest BCUT2D eigenvalue weighted by Crippen LogP contribution is 2.40. The van der Waals surface area contributed by atoms with Crippen LogP contribution < -0.4 is 10.6 Å². The zero-order chi connectivity index (χ0) is 15.1. The smallest absolute Gasteiger partial charge is 0.217 e. The van der Waals surface area contributed by atoms with E-state index >= 15 is 0 Å². The number of rotatable bonds is 4. The summed E-state index contributed by atoms with van der Waals surface area (Å²) in [7, 11) is 0. The zero-order valence-corrected chi connectivity index (χ0v) is 12.7. The van der Waals surface area contributed by atoms with Crippen LogP contribution in [0, 0.1) is 0 Å². The van der Waals surface area contributed by atoms with Crippen molar-refractivity contribution >= 4 is 17.4 Å². The minimum atomic E-state index is 0.0556. The maximum absolute atomic E-state index is 11.2. The molecule has 2 aromatic rings. The van der Waals surface area contributed by atoms with E-state index in [4.69, 9.17) is 4.98 Å². The fourth-order valence-corrected chi connectivity index (χ4v) is 3.36. The summed E-state index contributed by atoms with van der Waals surface area (Å²) in [5.74, 6) is 1.70. The van der Waals surface area contributed by atoms with Crippen LogP contribution in [-0.2, 0) is 4.79 Å². The first-order chi connectivity index (χ1) is 10.7. The van der Waals surface area contributed by atoms with Gasteiger partial charge in [0.1, 0.15) is 5.82 Å². The highest BCUT2D eigenvalue weighted by molar-refractivity contribution is 5.73. The van der Waals surface area contributed by atoms with E-state index in [1.54, 1.807) is 13.1 Å². The molecule has 116 valence electrons. The lowest BCUT2D eigenvalue weighted by molar-refractivity contribution is -0.119. The molecule has 2 atom stereocenters. The Kier molecular flexibility index (Phi) is 3.24. The van der Waals surface area contributed by atoms with Gasteiger partial charge in [0.15, 0.2) is 5.65 Å². The molecule has 6 nitrogen and oxygen atoms in total. The van der Waals surface area contributed by atoms with Crippen molar-refractivity contribution in [1.29, 1.82) is 0 Å². The number of aromatic nitrogens is 3. The standard InChI is InChI=1S/C16H21N5O/c1-10(22)18-12-4-5-13(8-12)19-16-9-14(11-2-3-11)20-15-6-7-17-21(15)16/h6-7,9,11-13,19H,2-5,8H2,1H3,(H,18,22)/t12-,13-/m1/s1. The van der Waals surface area contributed by atoms with E-state index in [0.717, 1.165) is 30.7 Å². The quantitative estimate of drug-likeness (QED) is 0.906. The number of carbonyl (C=O) groups is 1. The average Bonchev–Trinajstić information content (AvgIpc) is 3.06. The molecule has 2 N–H and O–H groups in total. The van der Waals surface area contributed by atoms with Crippen molar-refractivity contribution in [2.75, 3.05) is 5.32 Å². The maximum Gasteiger partial charge on any atom is 0.217 e. The van der Waals surface area contributed by atoms with Gasteiger partial charge >= 0.3 is 0 Å². The van der Waals surface area contributed by atoms with E-state index < -0.39 is 0 Å². The summed E-state index contributed by atoms with van der Waals surface area (Å²) in [5.41, 5.74) is 2.08. The van der Waals surface area contributed by atoms with Crippen LogP contribution in [0.2, 0.25) is 0 Å². The van der Waals surface area contributed by atoms with E-state index in [1.807, 2.05) is 10.6 Å². The molecule has 2 heterocycles. The summed E-state index contributed by atoms with van der Waals surface area (Å²) in [6.07, 6.45) is 7.33. The van der Waals surface area contributed by atoms with Crippen LogP contribution in [0.25, 0.3) is 5.65 Å². The third-order valence-corrected chi connectivity index (χ3v) is 4.57. The molecule has 2 saturated carbocycles. The van der Waals surface area contributed by atoms with Crippen LogP contribution >= 0.6 is 0 Å². The Labute approximate surface area is 129 Å². The molecule has 0 bridgehead atoms. The molecule has 2 fully saturated rings. The van der Waals surface area contributed by atoms with Gasteiger partial charge in [0.2, 0.25) is 5.91 Å². The van der Waals surface area contributed by atoms with E-state index in [9.17, 15) is 4.79 Å². The predicted octanol–water partition coefficient (Wildman–Crippen LogP) is 2.08. The molecule has 0 radical (unpaired) electrons. The fourth-order valence-electron chi connectivity index (χ4n) is 3.36. The van der Waals surface area contributed by atoms with Gasteiger partial charge in [-0.25, -0.2) is 4.98 Å². The normalized spacial score (nSPS) is 24.6. The number of amides is 1. The van der Waals surface area contributed by atoms with Crippen LogP contribution in [-0.4, -0.2) is 32.6 Å². The lowest BCUT2D eigenvalue weighted by Crippen LogP contribution is -2.32. The average molecular weight is 299 g/mol. The van der Waals surface area contributed by atoms with Crippen molar-refractivity contribution in [2.24, 2.45) is 0 Å². The van der Waals surface area contributed by atoms with E-state index in [-0.39, 0.29) is 11.9 Å². The van der Waals surface area contributed by atoms with Gasteiger partial charge in [-0.2, -0.15) is 9.61 Å². The first-order valence-corrected chi connectivity index (χ1v) is 8.07. The van der Waals surface area contributed by atoms with Crippen molar-refractivity contribution in [3.8, 4) is 0 Å². The summed E-state index contributed by atoms with van der Waals surface area (Å²) < 4.78 is 1.87. The Hall–Kier alpha value is -2.11. The second kappa shape index (κ2) is 5.26. The van der Waals surface area contributed by atoms with E-state index in [1.165, 1.54) is 18.5 Å². The molecule has 0 aliphatic heterocycles. The summed E-state index contributed by atoms with van der Waals surface area (Å²) in [5, 5.41) is 11.0. The van der Waals surface area contributed by atoms with Gasteiger partial charge in [0.25, 0.3) is 0 Å². The molecule has 2 aliphatic rings. The fraction of sp³-hybridized carbons (Fsp3) is 0.562. The SMILES string of the molecule is CC(=O)N[C@@H]1CC[C@@H](Nc2cc(C3CC3)nc3ccnn23)C1. The minimum absolute atomic E-state index is 0.0556. The van der Waals surface area contributed by atoms with Gasteiger partial charge in [0.05, 0.1) is 6.20 Å². The second-order valence-corrected chi connectivity index (χ2v) is 6.49. The summed E-state index contributed by atoms with van der Waals surface area (Å²) in [4.78, 5) is 15.9. The Morgan fingerprint density at radius 3 is 2.86 bits per heavy atom. The van der Waals surface area contributed by atoms with Crippen LogP contribution in [0.5, 0.6) is 0 Å². The van der Waals surface area contributed by atoms with Gasteiger partial charge in [-0.05, 0) is 32.1 Å². The number of anilines is 1.